The van der Waals surface area contributed by atoms with Crippen LogP contribution >= 0.6 is 11.3 Å². The molecule has 0 saturated heterocycles. The molecule has 25 heavy (non-hydrogen) atoms. The van der Waals surface area contributed by atoms with Gasteiger partial charge in [0.1, 0.15) is 0 Å². The van der Waals surface area contributed by atoms with Crippen molar-refractivity contribution in [3.63, 3.8) is 0 Å². The lowest BCUT2D eigenvalue weighted by Crippen LogP contribution is -1.88. The molecule has 0 unspecified atom stereocenters. The third-order valence-corrected chi connectivity index (χ3v) is 6.63. The predicted octanol–water partition coefficient (Wildman–Crippen LogP) is 7.04. The van der Waals surface area contributed by atoms with E-state index in [0.29, 0.717) is 0 Å². The molecule has 0 N–H and O–H groups in total. The summed E-state index contributed by atoms with van der Waals surface area (Å²) in [5.41, 5.74) is 4.20. The summed E-state index contributed by atoms with van der Waals surface area (Å²) in [7, 11) is 2.20. The fourth-order valence-electron chi connectivity index (χ4n) is 4.16. The highest BCUT2D eigenvalue weighted by atomic mass is 32.1. The zero-order chi connectivity index (χ0) is 17.0. The zero-order valence-electron chi connectivity index (χ0n) is 14.7. The number of unbranched alkanes of at least 4 members (excludes halogenated alkanes) is 1. The summed E-state index contributed by atoms with van der Waals surface area (Å²) in [5, 5.41) is 5.69. The van der Waals surface area contributed by atoms with Crippen molar-refractivity contribution in [2.75, 3.05) is 0 Å². The first kappa shape index (κ1) is 15.0. The summed E-state index contributed by atoms with van der Waals surface area (Å²) in [6.45, 7) is 2.27. The number of rotatable bonds is 3. The maximum absolute atomic E-state index is 2.37. The summed E-state index contributed by atoms with van der Waals surface area (Å²) in [6.07, 6.45) is 3.64. The van der Waals surface area contributed by atoms with Gasteiger partial charge in [-0.1, -0.05) is 49.7 Å². The third-order valence-electron chi connectivity index (χ3n) is 5.43. The highest BCUT2D eigenvalue weighted by Crippen LogP contribution is 2.42. The fraction of sp³-hybridized carbons (Fsp3) is 0.217. The van der Waals surface area contributed by atoms with E-state index < -0.39 is 0 Å². The highest BCUT2D eigenvalue weighted by molar-refractivity contribution is 7.26. The number of aryl methyl sites for hydroxylation is 2. The number of hydrogen-bond acceptors (Lipinski definition) is 1. The number of hydrogen-bond donors (Lipinski definition) is 0. The molecule has 124 valence electrons. The van der Waals surface area contributed by atoms with Crippen molar-refractivity contribution in [3.05, 3.63) is 60.2 Å². The van der Waals surface area contributed by atoms with Gasteiger partial charge in [0.15, 0.2) is 0 Å². The molecule has 0 spiro atoms. The first-order valence-electron chi connectivity index (χ1n) is 9.10. The minimum absolute atomic E-state index is 1.16. The molecule has 5 aromatic rings. The molecule has 5 rings (SSSR count). The Morgan fingerprint density at radius 3 is 2.56 bits per heavy atom. The summed E-state index contributed by atoms with van der Waals surface area (Å²) >= 11 is 1.94. The Balaban J connectivity index is 2.00. The molecular formula is C23H21NS. The number of nitrogens with zero attached hydrogens (tertiary/aromatic N) is 1. The van der Waals surface area contributed by atoms with E-state index >= 15 is 0 Å². The topological polar surface area (TPSA) is 4.93 Å². The molecule has 0 aliphatic carbocycles. The molecule has 1 nitrogen and oxygen atoms in total. The van der Waals surface area contributed by atoms with Crippen LogP contribution in [0, 0.1) is 0 Å². The van der Waals surface area contributed by atoms with Gasteiger partial charge in [0, 0.05) is 43.5 Å². The van der Waals surface area contributed by atoms with Crippen molar-refractivity contribution < 1.29 is 0 Å². The van der Waals surface area contributed by atoms with Crippen LogP contribution in [-0.2, 0) is 13.5 Å². The van der Waals surface area contributed by atoms with Gasteiger partial charge in [0.05, 0.1) is 5.52 Å². The Morgan fingerprint density at radius 1 is 0.840 bits per heavy atom. The first-order chi connectivity index (χ1) is 12.3. The molecule has 0 bridgehead atoms. The standard InChI is InChI=1S/C23H21NS/c1-3-4-8-15-9-7-11-18-21(15)22-19(24(18)2)14-13-17-16-10-5-6-12-20(16)25-23(17)22/h5-7,9-14H,3-4,8H2,1-2H3. The van der Waals surface area contributed by atoms with Crippen molar-refractivity contribution in [1.82, 2.24) is 4.57 Å². The predicted molar refractivity (Wildman–Crippen MR) is 112 cm³/mol. The van der Waals surface area contributed by atoms with Crippen LogP contribution in [0.5, 0.6) is 0 Å². The van der Waals surface area contributed by atoms with E-state index in [0.717, 1.165) is 6.42 Å². The lowest BCUT2D eigenvalue weighted by molar-refractivity contribution is 0.799. The number of fused-ring (bicyclic) bond motifs is 7. The molecule has 0 fully saturated rings. The SMILES string of the molecule is CCCCc1cccc2c1c1c3sc4ccccc4c3ccc1n2C. The highest BCUT2D eigenvalue weighted by Gasteiger charge is 2.16. The third kappa shape index (κ3) is 2.07. The van der Waals surface area contributed by atoms with Crippen LogP contribution in [-0.4, -0.2) is 4.57 Å². The van der Waals surface area contributed by atoms with Crippen molar-refractivity contribution >= 4 is 53.3 Å². The first-order valence-corrected chi connectivity index (χ1v) is 9.91. The van der Waals surface area contributed by atoms with E-state index in [1.54, 1.807) is 0 Å². The second-order valence-corrected chi connectivity index (χ2v) is 7.96. The van der Waals surface area contributed by atoms with Gasteiger partial charge in [-0.3, -0.25) is 0 Å². The normalized spacial score (nSPS) is 12.1. The largest absolute Gasteiger partial charge is 0.344 e. The molecule has 2 aromatic heterocycles. The van der Waals surface area contributed by atoms with Crippen molar-refractivity contribution in [2.45, 2.75) is 26.2 Å². The Bertz CT molecular complexity index is 1240. The van der Waals surface area contributed by atoms with Crippen LogP contribution in [0.15, 0.2) is 54.6 Å². The van der Waals surface area contributed by atoms with Gasteiger partial charge in [-0.05, 0) is 36.6 Å². The van der Waals surface area contributed by atoms with Crippen LogP contribution in [0.2, 0.25) is 0 Å². The molecular weight excluding hydrogens is 322 g/mol. The van der Waals surface area contributed by atoms with Crippen LogP contribution in [0.1, 0.15) is 25.3 Å². The van der Waals surface area contributed by atoms with E-state index in [-0.39, 0.29) is 0 Å². The van der Waals surface area contributed by atoms with Crippen molar-refractivity contribution in [2.24, 2.45) is 7.05 Å². The van der Waals surface area contributed by atoms with Gasteiger partial charge in [0.25, 0.3) is 0 Å². The average Bonchev–Trinajstić information content (AvgIpc) is 3.16. The Hall–Kier alpha value is -2.32. The van der Waals surface area contributed by atoms with Gasteiger partial charge in [0.2, 0.25) is 0 Å². The van der Waals surface area contributed by atoms with E-state index in [4.69, 9.17) is 0 Å². The molecule has 2 heteroatoms. The van der Waals surface area contributed by atoms with E-state index in [1.165, 1.54) is 60.4 Å². The van der Waals surface area contributed by atoms with E-state index in [1.807, 2.05) is 11.3 Å². The molecule has 0 aliphatic rings. The van der Waals surface area contributed by atoms with Gasteiger partial charge >= 0.3 is 0 Å². The van der Waals surface area contributed by atoms with E-state index in [9.17, 15) is 0 Å². The summed E-state index contributed by atoms with van der Waals surface area (Å²) in [4.78, 5) is 0. The number of benzene rings is 3. The van der Waals surface area contributed by atoms with Crippen LogP contribution in [0.4, 0.5) is 0 Å². The van der Waals surface area contributed by atoms with Crippen LogP contribution in [0.3, 0.4) is 0 Å². The summed E-state index contributed by atoms with van der Waals surface area (Å²) in [5.74, 6) is 0. The fourth-order valence-corrected chi connectivity index (χ4v) is 5.41. The molecule has 0 radical (unpaired) electrons. The Morgan fingerprint density at radius 2 is 1.68 bits per heavy atom. The maximum Gasteiger partial charge on any atom is 0.0503 e. The Kier molecular flexibility index (Phi) is 3.36. The quantitative estimate of drug-likeness (QED) is 0.331. The minimum Gasteiger partial charge on any atom is -0.344 e. The van der Waals surface area contributed by atoms with Crippen molar-refractivity contribution in [3.8, 4) is 0 Å². The number of thiophene rings is 1. The maximum atomic E-state index is 2.37. The van der Waals surface area contributed by atoms with Gasteiger partial charge < -0.3 is 4.57 Å². The second-order valence-electron chi connectivity index (χ2n) is 6.91. The van der Waals surface area contributed by atoms with E-state index in [2.05, 4.69) is 73.1 Å². The lowest BCUT2D eigenvalue weighted by Gasteiger charge is -2.04. The molecule has 0 atom stereocenters. The molecule has 3 aromatic carbocycles. The van der Waals surface area contributed by atoms with Crippen LogP contribution < -0.4 is 0 Å². The monoisotopic (exact) mass is 343 g/mol. The molecule has 2 heterocycles. The minimum atomic E-state index is 1.16. The summed E-state index contributed by atoms with van der Waals surface area (Å²) < 4.78 is 5.19. The average molecular weight is 343 g/mol. The lowest BCUT2D eigenvalue weighted by atomic mass is 10.0. The molecule has 0 saturated carbocycles. The van der Waals surface area contributed by atoms with Gasteiger partial charge in [-0.25, -0.2) is 0 Å². The molecule has 0 amide bonds. The zero-order valence-corrected chi connectivity index (χ0v) is 15.5. The summed E-state index contributed by atoms with van der Waals surface area (Å²) in [6, 6.07) is 20.2. The molecule has 0 aliphatic heterocycles. The van der Waals surface area contributed by atoms with Crippen LogP contribution in [0.25, 0.3) is 42.0 Å². The van der Waals surface area contributed by atoms with Gasteiger partial charge in [-0.15, -0.1) is 11.3 Å². The second kappa shape index (κ2) is 5.60. The van der Waals surface area contributed by atoms with Gasteiger partial charge in [-0.2, -0.15) is 0 Å². The number of aromatic nitrogens is 1. The smallest absolute Gasteiger partial charge is 0.0503 e. The Labute approximate surface area is 151 Å². The van der Waals surface area contributed by atoms with Crippen molar-refractivity contribution in [1.29, 1.82) is 0 Å².